The molecule has 3 aromatic rings. The maximum atomic E-state index is 11.5. The number of hydrogen-bond donors (Lipinski definition) is 1. The van der Waals surface area contributed by atoms with E-state index in [-0.39, 0.29) is 5.56 Å². The summed E-state index contributed by atoms with van der Waals surface area (Å²) in [7, 11) is 0. The number of aromatic nitrogens is 2. The van der Waals surface area contributed by atoms with Gasteiger partial charge in [0.1, 0.15) is 16.8 Å². The zero-order valence-corrected chi connectivity index (χ0v) is 16.2. The van der Waals surface area contributed by atoms with Crippen LogP contribution in [0.2, 0.25) is 0 Å². The number of aryl methyl sites for hydroxylation is 2. The standard InChI is InChI=1S/C19H16N4O2S2/c1-11-8-16(24)23-19(22-11)27-17-7-6-12(25-17)10-21-18-14(9-20)13-4-2-3-5-15(13)26-18/h6-8,10H,2-5H2,1H3,(H,22,23,24). The molecule has 1 aliphatic carbocycles. The molecule has 0 aliphatic heterocycles. The van der Waals surface area contributed by atoms with Crippen molar-refractivity contribution < 1.29 is 4.42 Å². The number of hydrogen-bond acceptors (Lipinski definition) is 7. The normalized spacial score (nSPS) is 13.6. The molecule has 6 nitrogen and oxygen atoms in total. The van der Waals surface area contributed by atoms with Crippen molar-refractivity contribution in [1.29, 1.82) is 5.26 Å². The van der Waals surface area contributed by atoms with Gasteiger partial charge in [-0.15, -0.1) is 11.3 Å². The van der Waals surface area contributed by atoms with Gasteiger partial charge in [-0.25, -0.2) is 9.98 Å². The first kappa shape index (κ1) is 17.8. The highest BCUT2D eigenvalue weighted by Crippen LogP contribution is 2.39. The first-order valence-corrected chi connectivity index (χ1v) is 10.2. The molecule has 0 amide bonds. The number of fused-ring (bicyclic) bond motifs is 1. The zero-order valence-electron chi connectivity index (χ0n) is 14.6. The molecule has 0 saturated heterocycles. The smallest absolute Gasteiger partial charge is 0.251 e. The molecule has 0 fully saturated rings. The van der Waals surface area contributed by atoms with Crippen LogP contribution < -0.4 is 5.56 Å². The second-order valence-electron chi connectivity index (χ2n) is 6.21. The van der Waals surface area contributed by atoms with Crippen molar-refractivity contribution in [1.82, 2.24) is 9.97 Å². The minimum atomic E-state index is -0.191. The summed E-state index contributed by atoms with van der Waals surface area (Å²) >= 11 is 2.84. The fraction of sp³-hybridized carbons (Fsp3) is 0.263. The van der Waals surface area contributed by atoms with E-state index in [9.17, 15) is 10.1 Å². The van der Waals surface area contributed by atoms with Gasteiger partial charge in [0.25, 0.3) is 5.56 Å². The second kappa shape index (κ2) is 7.55. The van der Waals surface area contributed by atoms with Gasteiger partial charge < -0.3 is 9.40 Å². The molecule has 27 heavy (non-hydrogen) atoms. The average Bonchev–Trinajstić information content (AvgIpc) is 3.22. The van der Waals surface area contributed by atoms with Crippen LogP contribution in [0.4, 0.5) is 5.00 Å². The topological polar surface area (TPSA) is 95.0 Å². The van der Waals surface area contributed by atoms with Crippen LogP contribution >= 0.6 is 23.1 Å². The highest BCUT2D eigenvalue weighted by Gasteiger charge is 2.20. The number of nitrogens with zero attached hydrogens (tertiary/aromatic N) is 3. The van der Waals surface area contributed by atoms with Gasteiger partial charge in [0.2, 0.25) is 0 Å². The Morgan fingerprint density at radius 3 is 3.07 bits per heavy atom. The molecule has 1 aliphatic rings. The van der Waals surface area contributed by atoms with Crippen LogP contribution in [0.3, 0.4) is 0 Å². The fourth-order valence-electron chi connectivity index (χ4n) is 3.03. The first-order chi connectivity index (χ1) is 13.1. The third kappa shape index (κ3) is 3.89. The molecule has 0 atom stereocenters. The quantitative estimate of drug-likeness (QED) is 0.521. The monoisotopic (exact) mass is 396 g/mol. The van der Waals surface area contributed by atoms with Gasteiger partial charge in [0.15, 0.2) is 10.2 Å². The first-order valence-electron chi connectivity index (χ1n) is 8.57. The number of aliphatic imine (C=N–C) groups is 1. The van der Waals surface area contributed by atoms with Gasteiger partial charge in [-0.2, -0.15) is 5.26 Å². The summed E-state index contributed by atoms with van der Waals surface area (Å²) in [5, 5.41) is 11.3. The molecule has 0 unspecified atom stereocenters. The van der Waals surface area contributed by atoms with Crippen LogP contribution in [0.15, 0.2) is 42.7 Å². The van der Waals surface area contributed by atoms with E-state index in [0.29, 0.717) is 27.3 Å². The number of furan rings is 1. The van der Waals surface area contributed by atoms with Crippen molar-refractivity contribution in [2.24, 2.45) is 4.99 Å². The molecule has 0 spiro atoms. The highest BCUT2D eigenvalue weighted by molar-refractivity contribution is 7.99. The van der Waals surface area contributed by atoms with E-state index in [0.717, 1.165) is 24.3 Å². The van der Waals surface area contributed by atoms with Gasteiger partial charge in [-0.3, -0.25) is 4.79 Å². The summed E-state index contributed by atoms with van der Waals surface area (Å²) in [4.78, 5) is 24.3. The summed E-state index contributed by atoms with van der Waals surface area (Å²) < 4.78 is 5.74. The molecule has 0 aromatic carbocycles. The van der Waals surface area contributed by atoms with Crippen LogP contribution in [-0.4, -0.2) is 16.2 Å². The van der Waals surface area contributed by atoms with E-state index in [2.05, 4.69) is 21.0 Å². The highest BCUT2D eigenvalue weighted by atomic mass is 32.2. The predicted octanol–water partition coefficient (Wildman–Crippen LogP) is 4.39. The Bertz CT molecular complexity index is 1120. The fourth-order valence-corrected chi connectivity index (χ4v) is 5.02. The Morgan fingerprint density at radius 1 is 1.41 bits per heavy atom. The number of H-pyrrole nitrogens is 1. The van der Waals surface area contributed by atoms with Crippen molar-refractivity contribution in [3.63, 3.8) is 0 Å². The predicted molar refractivity (Wildman–Crippen MR) is 105 cm³/mol. The van der Waals surface area contributed by atoms with Crippen molar-refractivity contribution in [3.05, 3.63) is 56.0 Å². The summed E-state index contributed by atoms with van der Waals surface area (Å²) in [5.41, 5.74) is 2.34. The van der Waals surface area contributed by atoms with Crippen LogP contribution in [0.1, 0.15) is 40.3 Å². The van der Waals surface area contributed by atoms with Crippen LogP contribution in [-0.2, 0) is 12.8 Å². The third-order valence-electron chi connectivity index (χ3n) is 4.22. The largest absolute Gasteiger partial charge is 0.448 e. The Balaban J connectivity index is 1.54. The van der Waals surface area contributed by atoms with Gasteiger partial charge in [-0.1, -0.05) is 0 Å². The Morgan fingerprint density at radius 2 is 2.26 bits per heavy atom. The van der Waals surface area contributed by atoms with E-state index in [1.165, 1.54) is 34.7 Å². The molecular formula is C19H16N4O2S2. The number of rotatable bonds is 4. The maximum Gasteiger partial charge on any atom is 0.251 e. The minimum Gasteiger partial charge on any atom is -0.448 e. The molecule has 3 aromatic heterocycles. The zero-order chi connectivity index (χ0) is 18.8. The van der Waals surface area contributed by atoms with Crippen molar-refractivity contribution >= 4 is 34.3 Å². The van der Waals surface area contributed by atoms with Crippen molar-refractivity contribution in [3.8, 4) is 6.07 Å². The molecular weight excluding hydrogens is 380 g/mol. The molecule has 0 radical (unpaired) electrons. The second-order valence-corrected chi connectivity index (χ2v) is 8.29. The van der Waals surface area contributed by atoms with E-state index in [1.807, 2.05) is 0 Å². The lowest BCUT2D eigenvalue weighted by atomic mass is 9.96. The number of nitriles is 1. The molecule has 0 saturated carbocycles. The molecule has 0 bridgehead atoms. The summed E-state index contributed by atoms with van der Waals surface area (Å²) in [6.45, 7) is 1.77. The van der Waals surface area contributed by atoms with Gasteiger partial charge in [0.05, 0.1) is 11.8 Å². The Hall–Kier alpha value is -2.63. The summed E-state index contributed by atoms with van der Waals surface area (Å²) in [6.07, 6.45) is 5.94. The SMILES string of the molecule is Cc1cc(=O)[nH]c(Sc2ccc(C=Nc3sc4c(c3C#N)CCCC4)o2)n1. The van der Waals surface area contributed by atoms with Gasteiger partial charge >= 0.3 is 0 Å². The minimum absolute atomic E-state index is 0.191. The van der Waals surface area contributed by atoms with E-state index >= 15 is 0 Å². The lowest BCUT2D eigenvalue weighted by Crippen LogP contribution is -2.07. The van der Waals surface area contributed by atoms with Gasteiger partial charge in [-0.05, 0) is 62.1 Å². The van der Waals surface area contributed by atoms with E-state index in [1.54, 1.807) is 36.6 Å². The van der Waals surface area contributed by atoms with E-state index in [4.69, 9.17) is 4.42 Å². The van der Waals surface area contributed by atoms with Crippen LogP contribution in [0, 0.1) is 18.3 Å². The van der Waals surface area contributed by atoms with E-state index < -0.39 is 0 Å². The summed E-state index contributed by atoms with van der Waals surface area (Å²) in [6, 6.07) is 7.36. The number of aromatic amines is 1. The van der Waals surface area contributed by atoms with Crippen molar-refractivity contribution in [2.75, 3.05) is 0 Å². The lowest BCUT2D eigenvalue weighted by molar-refractivity contribution is 0.468. The molecule has 8 heteroatoms. The number of thiophene rings is 1. The molecule has 3 heterocycles. The summed E-state index contributed by atoms with van der Waals surface area (Å²) in [5.74, 6) is 0.586. The van der Waals surface area contributed by atoms with Crippen LogP contribution in [0.25, 0.3) is 0 Å². The lowest BCUT2D eigenvalue weighted by Gasteiger charge is -2.09. The third-order valence-corrected chi connectivity index (χ3v) is 6.23. The number of nitrogens with one attached hydrogen (secondary N) is 1. The van der Waals surface area contributed by atoms with Gasteiger partial charge in [0, 0.05) is 16.6 Å². The Labute approximate surface area is 164 Å². The average molecular weight is 396 g/mol. The maximum absolute atomic E-state index is 11.5. The Kier molecular flexibility index (Phi) is 4.97. The molecule has 136 valence electrons. The molecule has 1 N–H and O–H groups in total. The van der Waals surface area contributed by atoms with Crippen LogP contribution in [0.5, 0.6) is 0 Å². The van der Waals surface area contributed by atoms with Crippen molar-refractivity contribution in [2.45, 2.75) is 42.9 Å². The molecule has 4 rings (SSSR count).